The van der Waals surface area contributed by atoms with Crippen LogP contribution in [0.25, 0.3) is 0 Å². The van der Waals surface area contributed by atoms with E-state index in [0.29, 0.717) is 6.79 Å². The van der Waals surface area contributed by atoms with Gasteiger partial charge in [0.05, 0.1) is 0 Å². The molecule has 0 bridgehead atoms. The van der Waals surface area contributed by atoms with Gasteiger partial charge in [0.25, 0.3) is 0 Å². The van der Waals surface area contributed by atoms with Crippen LogP contribution in [0.4, 0.5) is 0 Å². The molecule has 68 valence electrons. The maximum absolute atomic E-state index is 5.94. The molecular formula is C10H11NO2. The molecule has 13 heavy (non-hydrogen) atoms. The van der Waals surface area contributed by atoms with E-state index in [1.807, 2.05) is 6.07 Å². The molecule has 0 aromatic heterocycles. The zero-order valence-electron chi connectivity index (χ0n) is 7.25. The van der Waals surface area contributed by atoms with E-state index in [1.54, 1.807) is 0 Å². The van der Waals surface area contributed by atoms with Gasteiger partial charge in [-0.25, -0.2) is 0 Å². The minimum Gasteiger partial charge on any atom is -0.454 e. The van der Waals surface area contributed by atoms with E-state index in [-0.39, 0.29) is 6.04 Å². The number of aryl methyl sites for hydroxylation is 1. The van der Waals surface area contributed by atoms with Gasteiger partial charge in [-0.15, -0.1) is 0 Å². The normalized spacial score (nSPS) is 23.3. The minimum absolute atomic E-state index is 0.185. The molecule has 1 atom stereocenters. The third kappa shape index (κ3) is 0.937. The average molecular weight is 177 g/mol. The summed E-state index contributed by atoms with van der Waals surface area (Å²) in [6, 6.07) is 4.27. The Kier molecular flexibility index (Phi) is 1.32. The number of benzene rings is 1. The average Bonchev–Trinajstić information content (AvgIpc) is 2.70. The molecule has 1 aromatic carbocycles. The highest BCUT2D eigenvalue weighted by atomic mass is 16.7. The van der Waals surface area contributed by atoms with E-state index in [4.69, 9.17) is 15.2 Å². The highest BCUT2D eigenvalue weighted by molar-refractivity contribution is 5.51. The summed E-state index contributed by atoms with van der Waals surface area (Å²) in [5.41, 5.74) is 8.49. The smallest absolute Gasteiger partial charge is 0.231 e. The Morgan fingerprint density at radius 3 is 2.85 bits per heavy atom. The molecule has 1 aliphatic carbocycles. The fraction of sp³-hybridized carbons (Fsp3) is 0.400. The number of nitrogens with two attached hydrogens (primary N) is 1. The maximum Gasteiger partial charge on any atom is 0.231 e. The van der Waals surface area contributed by atoms with Crippen molar-refractivity contribution in [3.05, 3.63) is 23.3 Å². The van der Waals surface area contributed by atoms with Gasteiger partial charge < -0.3 is 15.2 Å². The number of rotatable bonds is 0. The van der Waals surface area contributed by atoms with Crippen molar-refractivity contribution >= 4 is 0 Å². The fourth-order valence-corrected chi connectivity index (χ4v) is 2.03. The van der Waals surface area contributed by atoms with Crippen LogP contribution in [0.15, 0.2) is 12.1 Å². The molecule has 3 nitrogen and oxygen atoms in total. The molecular weight excluding hydrogens is 166 g/mol. The van der Waals surface area contributed by atoms with Crippen LogP contribution in [0.1, 0.15) is 23.6 Å². The van der Waals surface area contributed by atoms with Crippen molar-refractivity contribution in [3.8, 4) is 11.5 Å². The van der Waals surface area contributed by atoms with Gasteiger partial charge in [-0.3, -0.25) is 0 Å². The molecule has 0 spiro atoms. The monoisotopic (exact) mass is 177 g/mol. The fourth-order valence-electron chi connectivity index (χ4n) is 2.03. The van der Waals surface area contributed by atoms with Crippen LogP contribution in [-0.2, 0) is 6.42 Å². The maximum atomic E-state index is 5.94. The number of fused-ring (bicyclic) bond motifs is 2. The van der Waals surface area contributed by atoms with Crippen LogP contribution in [0.5, 0.6) is 11.5 Å². The van der Waals surface area contributed by atoms with Crippen LogP contribution in [-0.4, -0.2) is 6.79 Å². The van der Waals surface area contributed by atoms with Crippen molar-refractivity contribution in [3.63, 3.8) is 0 Å². The highest BCUT2D eigenvalue weighted by Gasteiger charge is 2.24. The number of hydrogen-bond acceptors (Lipinski definition) is 3. The Morgan fingerprint density at radius 2 is 2.00 bits per heavy atom. The molecule has 0 amide bonds. The first-order valence-corrected chi connectivity index (χ1v) is 4.52. The van der Waals surface area contributed by atoms with Gasteiger partial charge in [0, 0.05) is 6.04 Å². The topological polar surface area (TPSA) is 44.5 Å². The first-order valence-electron chi connectivity index (χ1n) is 4.52. The van der Waals surface area contributed by atoms with Crippen LogP contribution < -0.4 is 15.2 Å². The zero-order chi connectivity index (χ0) is 8.84. The lowest BCUT2D eigenvalue weighted by Crippen LogP contribution is -2.04. The second-order valence-electron chi connectivity index (χ2n) is 3.55. The van der Waals surface area contributed by atoms with Gasteiger partial charge in [0.15, 0.2) is 11.5 Å². The van der Waals surface area contributed by atoms with Crippen LogP contribution >= 0.6 is 0 Å². The Balaban J connectivity index is 2.16. The first-order chi connectivity index (χ1) is 6.34. The summed E-state index contributed by atoms with van der Waals surface area (Å²) in [6.45, 7) is 0.341. The quantitative estimate of drug-likeness (QED) is 0.650. The van der Waals surface area contributed by atoms with E-state index >= 15 is 0 Å². The number of hydrogen-bond donors (Lipinski definition) is 1. The molecule has 2 N–H and O–H groups in total. The van der Waals surface area contributed by atoms with Crippen molar-refractivity contribution in [2.45, 2.75) is 18.9 Å². The Labute approximate surface area is 76.4 Å². The van der Waals surface area contributed by atoms with Crippen molar-refractivity contribution in [2.24, 2.45) is 5.73 Å². The molecule has 3 heteroatoms. The SMILES string of the molecule is N[C@H]1CCc2cc3c(cc21)OCO3. The van der Waals surface area contributed by atoms with Gasteiger partial charge >= 0.3 is 0 Å². The van der Waals surface area contributed by atoms with E-state index in [0.717, 1.165) is 24.3 Å². The lowest BCUT2D eigenvalue weighted by Gasteiger charge is -2.05. The lowest BCUT2D eigenvalue weighted by atomic mass is 10.1. The lowest BCUT2D eigenvalue weighted by molar-refractivity contribution is 0.174. The summed E-state index contributed by atoms with van der Waals surface area (Å²) < 4.78 is 10.6. The molecule has 3 rings (SSSR count). The third-order valence-electron chi connectivity index (χ3n) is 2.76. The van der Waals surface area contributed by atoms with Crippen molar-refractivity contribution in [2.75, 3.05) is 6.79 Å². The molecule has 0 fully saturated rings. The zero-order valence-corrected chi connectivity index (χ0v) is 7.25. The van der Waals surface area contributed by atoms with E-state index < -0.39 is 0 Å². The number of ether oxygens (including phenoxy) is 2. The van der Waals surface area contributed by atoms with Gasteiger partial charge in [0.1, 0.15) is 0 Å². The summed E-state index contributed by atoms with van der Waals surface area (Å²) >= 11 is 0. The molecule has 2 aliphatic rings. The van der Waals surface area contributed by atoms with Gasteiger partial charge in [-0.1, -0.05) is 0 Å². The summed E-state index contributed by atoms with van der Waals surface area (Å²) in [7, 11) is 0. The molecule has 1 heterocycles. The molecule has 0 saturated carbocycles. The Morgan fingerprint density at radius 1 is 1.23 bits per heavy atom. The van der Waals surface area contributed by atoms with Gasteiger partial charge in [-0.05, 0) is 36.1 Å². The second-order valence-corrected chi connectivity index (χ2v) is 3.55. The third-order valence-corrected chi connectivity index (χ3v) is 2.76. The Bertz CT molecular complexity index is 362. The van der Waals surface area contributed by atoms with Crippen molar-refractivity contribution in [1.29, 1.82) is 0 Å². The minimum atomic E-state index is 0.185. The molecule has 1 aromatic rings. The van der Waals surface area contributed by atoms with Crippen LogP contribution in [0, 0.1) is 0 Å². The van der Waals surface area contributed by atoms with Crippen molar-refractivity contribution in [1.82, 2.24) is 0 Å². The predicted molar refractivity (Wildman–Crippen MR) is 47.8 cm³/mol. The van der Waals surface area contributed by atoms with Crippen molar-refractivity contribution < 1.29 is 9.47 Å². The standard InChI is InChI=1S/C10H11NO2/c11-8-2-1-6-3-9-10(4-7(6)8)13-5-12-9/h3-4,8H,1-2,5,11H2/t8-/m0/s1. The summed E-state index contributed by atoms with van der Waals surface area (Å²) in [5.74, 6) is 1.71. The van der Waals surface area contributed by atoms with E-state index in [2.05, 4.69) is 6.07 Å². The van der Waals surface area contributed by atoms with Crippen LogP contribution in [0.2, 0.25) is 0 Å². The summed E-state index contributed by atoms with van der Waals surface area (Å²) in [6.07, 6.45) is 2.10. The molecule has 0 saturated heterocycles. The second kappa shape index (κ2) is 2.39. The molecule has 0 unspecified atom stereocenters. The molecule has 0 radical (unpaired) electrons. The molecule has 1 aliphatic heterocycles. The summed E-state index contributed by atoms with van der Waals surface area (Å²) in [4.78, 5) is 0. The van der Waals surface area contributed by atoms with Gasteiger partial charge in [-0.2, -0.15) is 0 Å². The highest BCUT2D eigenvalue weighted by Crippen LogP contribution is 2.40. The summed E-state index contributed by atoms with van der Waals surface area (Å²) in [5, 5.41) is 0. The van der Waals surface area contributed by atoms with E-state index in [1.165, 1.54) is 11.1 Å². The Hall–Kier alpha value is -1.22. The van der Waals surface area contributed by atoms with Gasteiger partial charge in [0.2, 0.25) is 6.79 Å². The first kappa shape index (κ1) is 7.21. The van der Waals surface area contributed by atoms with Crippen LogP contribution in [0.3, 0.4) is 0 Å². The predicted octanol–water partition coefficient (Wildman–Crippen LogP) is 1.36. The van der Waals surface area contributed by atoms with E-state index in [9.17, 15) is 0 Å². The largest absolute Gasteiger partial charge is 0.454 e.